The topological polar surface area (TPSA) is 75.2 Å². The summed E-state index contributed by atoms with van der Waals surface area (Å²) in [5, 5.41) is 2.81. The van der Waals surface area contributed by atoms with Crippen LogP contribution in [0.15, 0.2) is 73.3 Å². The van der Waals surface area contributed by atoms with E-state index in [0.717, 1.165) is 11.1 Å². The molecular weight excluding hydrogens is 340 g/mol. The number of nitrogens with one attached hydrogen (secondary N) is 1. The number of hydrogen-bond acceptors (Lipinski definition) is 4. The lowest BCUT2D eigenvalue weighted by atomic mass is 10.1. The summed E-state index contributed by atoms with van der Waals surface area (Å²) in [6, 6.07) is 15.0. The lowest BCUT2D eigenvalue weighted by Gasteiger charge is -2.17. The van der Waals surface area contributed by atoms with Crippen LogP contribution in [0.25, 0.3) is 0 Å². The molecule has 0 unspecified atom stereocenters. The van der Waals surface area contributed by atoms with Crippen LogP contribution in [-0.4, -0.2) is 33.7 Å². The molecule has 2 amide bonds. The zero-order valence-electron chi connectivity index (χ0n) is 15.0. The number of pyridine rings is 2. The maximum Gasteiger partial charge on any atom is 0.255 e. The third kappa shape index (κ3) is 4.98. The first kappa shape index (κ1) is 18.3. The molecule has 0 aliphatic carbocycles. The Labute approximate surface area is 157 Å². The van der Waals surface area contributed by atoms with Crippen LogP contribution in [0.1, 0.15) is 31.8 Å². The Morgan fingerprint density at radius 2 is 1.67 bits per heavy atom. The number of aromatic nitrogens is 2. The van der Waals surface area contributed by atoms with Crippen molar-refractivity contribution in [1.29, 1.82) is 0 Å². The molecule has 2 heterocycles. The number of hydrogen-bond donors (Lipinski definition) is 1. The highest BCUT2D eigenvalue weighted by atomic mass is 16.2. The van der Waals surface area contributed by atoms with Crippen molar-refractivity contribution in [3.63, 3.8) is 0 Å². The number of carbonyl (C=O) groups excluding carboxylic acids is 2. The van der Waals surface area contributed by atoms with Crippen molar-refractivity contribution in [2.45, 2.75) is 13.1 Å². The van der Waals surface area contributed by atoms with Crippen LogP contribution in [0.2, 0.25) is 0 Å². The summed E-state index contributed by atoms with van der Waals surface area (Å²) < 4.78 is 0. The van der Waals surface area contributed by atoms with Crippen LogP contribution < -0.4 is 5.32 Å². The van der Waals surface area contributed by atoms with Gasteiger partial charge in [0.1, 0.15) is 0 Å². The van der Waals surface area contributed by atoms with Crippen LogP contribution in [0, 0.1) is 0 Å². The molecular formula is C21H20N4O2. The zero-order chi connectivity index (χ0) is 19.1. The lowest BCUT2D eigenvalue weighted by molar-refractivity contribution is 0.0784. The minimum absolute atomic E-state index is 0.187. The molecule has 3 rings (SSSR count). The van der Waals surface area contributed by atoms with Crippen LogP contribution in [-0.2, 0) is 13.1 Å². The third-order valence-corrected chi connectivity index (χ3v) is 4.03. The molecule has 0 saturated carbocycles. The van der Waals surface area contributed by atoms with Crippen molar-refractivity contribution >= 4 is 11.8 Å². The molecule has 0 atom stereocenters. The summed E-state index contributed by atoms with van der Waals surface area (Å²) in [5.41, 5.74) is 2.65. The Balaban J connectivity index is 1.65. The number of amides is 2. The summed E-state index contributed by atoms with van der Waals surface area (Å²) in [5.74, 6) is -0.472. The van der Waals surface area contributed by atoms with E-state index in [0.29, 0.717) is 24.2 Å². The van der Waals surface area contributed by atoms with Gasteiger partial charge in [0.15, 0.2) is 0 Å². The highest BCUT2D eigenvalue weighted by Crippen LogP contribution is 2.10. The number of rotatable bonds is 6. The van der Waals surface area contributed by atoms with Crippen LogP contribution in [0.5, 0.6) is 0 Å². The van der Waals surface area contributed by atoms with Gasteiger partial charge < -0.3 is 10.2 Å². The van der Waals surface area contributed by atoms with Gasteiger partial charge in [-0.25, -0.2) is 0 Å². The van der Waals surface area contributed by atoms with Crippen LogP contribution >= 0.6 is 0 Å². The number of carbonyl (C=O) groups is 2. The molecule has 0 bridgehead atoms. The smallest absolute Gasteiger partial charge is 0.255 e. The van der Waals surface area contributed by atoms with Crippen molar-refractivity contribution < 1.29 is 9.59 Å². The SMILES string of the molecule is CN(Cc1ccccc1)C(=O)c1cncc(C(=O)NCc2cccnc2)c1. The fraction of sp³-hybridized carbons (Fsp3) is 0.143. The summed E-state index contributed by atoms with van der Waals surface area (Å²) in [6.45, 7) is 0.843. The standard InChI is InChI=1S/C21H20N4O2/c1-25(15-16-6-3-2-4-7-16)21(27)19-10-18(13-23-14-19)20(26)24-12-17-8-5-9-22-11-17/h2-11,13-14H,12,15H2,1H3,(H,24,26). The molecule has 0 spiro atoms. The second kappa shape index (κ2) is 8.71. The molecule has 0 radical (unpaired) electrons. The van der Waals surface area contributed by atoms with Gasteiger partial charge in [-0.2, -0.15) is 0 Å². The number of nitrogens with zero attached hydrogens (tertiary/aromatic N) is 3. The molecule has 6 nitrogen and oxygen atoms in total. The van der Waals surface area contributed by atoms with Crippen molar-refractivity contribution in [3.05, 3.63) is 95.6 Å². The van der Waals surface area contributed by atoms with Gasteiger partial charge in [0.25, 0.3) is 11.8 Å². The summed E-state index contributed by atoms with van der Waals surface area (Å²) >= 11 is 0. The summed E-state index contributed by atoms with van der Waals surface area (Å²) in [7, 11) is 1.73. The largest absolute Gasteiger partial charge is 0.348 e. The van der Waals surface area contributed by atoms with Gasteiger partial charge in [-0.3, -0.25) is 19.6 Å². The lowest BCUT2D eigenvalue weighted by Crippen LogP contribution is -2.27. The maximum atomic E-state index is 12.6. The second-order valence-electron chi connectivity index (χ2n) is 6.15. The van der Waals surface area contributed by atoms with E-state index in [1.807, 2.05) is 42.5 Å². The van der Waals surface area contributed by atoms with Crippen molar-refractivity contribution in [1.82, 2.24) is 20.2 Å². The van der Waals surface area contributed by atoms with E-state index in [9.17, 15) is 9.59 Å². The highest BCUT2D eigenvalue weighted by molar-refractivity contribution is 5.99. The molecule has 0 saturated heterocycles. The van der Waals surface area contributed by atoms with E-state index in [2.05, 4.69) is 15.3 Å². The normalized spacial score (nSPS) is 10.3. The Morgan fingerprint density at radius 3 is 2.41 bits per heavy atom. The van der Waals surface area contributed by atoms with Gasteiger partial charge in [-0.1, -0.05) is 36.4 Å². The first-order valence-corrected chi connectivity index (χ1v) is 8.55. The third-order valence-electron chi connectivity index (χ3n) is 4.03. The van der Waals surface area contributed by atoms with E-state index in [1.165, 1.54) is 12.4 Å². The predicted octanol–water partition coefficient (Wildman–Crippen LogP) is 2.68. The summed E-state index contributed by atoms with van der Waals surface area (Å²) in [4.78, 5) is 34.7. The van der Waals surface area contributed by atoms with Gasteiger partial charge in [0.2, 0.25) is 0 Å². The van der Waals surface area contributed by atoms with Gasteiger partial charge >= 0.3 is 0 Å². The van der Waals surface area contributed by atoms with E-state index >= 15 is 0 Å². The molecule has 136 valence electrons. The zero-order valence-corrected chi connectivity index (χ0v) is 15.0. The average Bonchev–Trinajstić information content (AvgIpc) is 2.73. The highest BCUT2D eigenvalue weighted by Gasteiger charge is 2.15. The minimum Gasteiger partial charge on any atom is -0.348 e. The Hall–Kier alpha value is -3.54. The molecule has 6 heteroatoms. The quantitative estimate of drug-likeness (QED) is 0.733. The van der Waals surface area contributed by atoms with E-state index in [-0.39, 0.29) is 11.8 Å². The molecule has 27 heavy (non-hydrogen) atoms. The predicted molar refractivity (Wildman–Crippen MR) is 102 cm³/mol. The van der Waals surface area contributed by atoms with Gasteiger partial charge in [0.05, 0.1) is 11.1 Å². The molecule has 1 N–H and O–H groups in total. The molecule has 1 aromatic carbocycles. The molecule has 0 fully saturated rings. The Kier molecular flexibility index (Phi) is 5.89. The fourth-order valence-electron chi connectivity index (χ4n) is 2.62. The molecule has 0 aliphatic heterocycles. The van der Waals surface area contributed by atoms with Crippen molar-refractivity contribution in [3.8, 4) is 0 Å². The molecule has 0 aliphatic rings. The maximum absolute atomic E-state index is 12.6. The molecule has 3 aromatic rings. The van der Waals surface area contributed by atoms with Crippen molar-refractivity contribution in [2.24, 2.45) is 0 Å². The van der Waals surface area contributed by atoms with Gasteiger partial charge in [-0.05, 0) is 23.3 Å². The first-order valence-electron chi connectivity index (χ1n) is 8.55. The Morgan fingerprint density at radius 1 is 0.926 bits per heavy atom. The van der Waals surface area contributed by atoms with E-state index < -0.39 is 0 Å². The second-order valence-corrected chi connectivity index (χ2v) is 6.15. The van der Waals surface area contributed by atoms with Crippen LogP contribution in [0.4, 0.5) is 0 Å². The molecule has 2 aromatic heterocycles. The van der Waals surface area contributed by atoms with E-state index in [4.69, 9.17) is 0 Å². The summed E-state index contributed by atoms with van der Waals surface area (Å²) in [6.07, 6.45) is 6.29. The van der Waals surface area contributed by atoms with Gasteiger partial charge in [0, 0.05) is 44.9 Å². The minimum atomic E-state index is -0.285. The van der Waals surface area contributed by atoms with E-state index in [1.54, 1.807) is 30.4 Å². The monoisotopic (exact) mass is 360 g/mol. The van der Waals surface area contributed by atoms with Crippen molar-refractivity contribution in [2.75, 3.05) is 7.05 Å². The fourth-order valence-corrected chi connectivity index (χ4v) is 2.62. The first-order chi connectivity index (χ1) is 13.1. The average molecular weight is 360 g/mol. The number of benzene rings is 1. The van der Waals surface area contributed by atoms with Crippen LogP contribution in [0.3, 0.4) is 0 Å². The Bertz CT molecular complexity index is 914. The van der Waals surface area contributed by atoms with Gasteiger partial charge in [-0.15, -0.1) is 0 Å².